The molecular formula is C24H31N5O. The number of carbonyl (C=O) groups is 1. The molecule has 0 N–H and O–H groups in total. The highest BCUT2D eigenvalue weighted by molar-refractivity contribution is 5.96. The smallest absolute Gasteiger partial charge is 0.222 e. The number of amides is 1. The highest BCUT2D eigenvalue weighted by atomic mass is 16.2. The number of piperazine rings is 1. The molecule has 2 saturated heterocycles. The summed E-state index contributed by atoms with van der Waals surface area (Å²) in [7, 11) is 2.11. The first-order valence-electron chi connectivity index (χ1n) is 11.0. The van der Waals surface area contributed by atoms with E-state index in [0.29, 0.717) is 23.8 Å². The van der Waals surface area contributed by atoms with E-state index in [2.05, 4.69) is 53.9 Å². The quantitative estimate of drug-likeness (QED) is 0.785. The van der Waals surface area contributed by atoms with Gasteiger partial charge in [-0.05, 0) is 51.3 Å². The summed E-state index contributed by atoms with van der Waals surface area (Å²) in [5.74, 6) is 0.732. The summed E-state index contributed by atoms with van der Waals surface area (Å²) in [6, 6.07) is 6.63. The number of nitrogens with zero attached hydrogens (tertiary/aromatic N) is 5. The third-order valence-electron chi connectivity index (χ3n) is 6.65. The molecule has 2 aromatic rings. The molecule has 0 bridgehead atoms. The summed E-state index contributed by atoms with van der Waals surface area (Å²) in [6.07, 6.45) is 4.33. The van der Waals surface area contributed by atoms with Crippen molar-refractivity contribution in [2.75, 3.05) is 51.2 Å². The lowest BCUT2D eigenvalue weighted by atomic mass is 9.91. The summed E-state index contributed by atoms with van der Waals surface area (Å²) >= 11 is 0. The number of pyridine rings is 1. The van der Waals surface area contributed by atoms with Crippen LogP contribution in [0.4, 0.5) is 5.69 Å². The van der Waals surface area contributed by atoms with Crippen molar-refractivity contribution >= 4 is 22.5 Å². The third-order valence-corrected chi connectivity index (χ3v) is 6.65. The Hall–Kier alpha value is -2.65. The molecule has 30 heavy (non-hydrogen) atoms. The summed E-state index contributed by atoms with van der Waals surface area (Å²) in [6.45, 7) is 9.55. The highest BCUT2D eigenvalue weighted by Gasteiger charge is 2.27. The number of anilines is 1. The monoisotopic (exact) mass is 405 g/mol. The van der Waals surface area contributed by atoms with Crippen molar-refractivity contribution < 1.29 is 4.79 Å². The van der Waals surface area contributed by atoms with Crippen LogP contribution in [0.2, 0.25) is 0 Å². The van der Waals surface area contributed by atoms with Crippen LogP contribution in [0.25, 0.3) is 10.9 Å². The van der Waals surface area contributed by atoms with Gasteiger partial charge in [0.1, 0.15) is 6.07 Å². The van der Waals surface area contributed by atoms with Crippen molar-refractivity contribution in [1.82, 2.24) is 14.8 Å². The van der Waals surface area contributed by atoms with Crippen molar-refractivity contribution in [3.63, 3.8) is 0 Å². The largest absolute Gasteiger partial charge is 0.370 e. The second-order valence-corrected chi connectivity index (χ2v) is 8.93. The SMILES string of the molecule is Cc1cc(C)c2ncc(C#N)c(N3CCC(CC(=O)N4CCN(C)CC4)CC3)c2c1. The Kier molecular flexibility index (Phi) is 5.92. The molecule has 0 saturated carbocycles. The van der Waals surface area contributed by atoms with Gasteiger partial charge in [-0.3, -0.25) is 9.78 Å². The second-order valence-electron chi connectivity index (χ2n) is 8.93. The topological polar surface area (TPSA) is 63.5 Å². The van der Waals surface area contributed by atoms with Gasteiger partial charge in [0.2, 0.25) is 5.91 Å². The van der Waals surface area contributed by atoms with Gasteiger partial charge < -0.3 is 14.7 Å². The average Bonchev–Trinajstić information content (AvgIpc) is 2.74. The number of aryl methyl sites for hydroxylation is 2. The zero-order valence-electron chi connectivity index (χ0n) is 18.3. The lowest BCUT2D eigenvalue weighted by molar-refractivity contribution is -0.133. The standard InChI is InChI=1S/C24H31N5O/c1-17-12-18(2)23-21(13-17)24(20(15-25)16-26-23)29-6-4-19(5-7-29)14-22(30)28-10-8-27(3)9-11-28/h12-13,16,19H,4-11,14H2,1-3H3. The van der Waals surface area contributed by atoms with E-state index in [0.717, 1.165) is 74.3 Å². The lowest BCUT2D eigenvalue weighted by Crippen LogP contribution is -2.47. The van der Waals surface area contributed by atoms with Gasteiger partial charge >= 0.3 is 0 Å². The Morgan fingerprint density at radius 3 is 2.50 bits per heavy atom. The van der Waals surface area contributed by atoms with E-state index < -0.39 is 0 Å². The third kappa shape index (κ3) is 4.13. The lowest BCUT2D eigenvalue weighted by Gasteiger charge is -2.36. The zero-order valence-corrected chi connectivity index (χ0v) is 18.3. The van der Waals surface area contributed by atoms with Gasteiger partial charge in [0.05, 0.1) is 16.8 Å². The first-order chi connectivity index (χ1) is 14.5. The number of likely N-dealkylation sites (N-methyl/N-ethyl adjacent to an activating group) is 1. The molecule has 2 aliphatic heterocycles. The number of rotatable bonds is 3. The minimum absolute atomic E-state index is 0.305. The van der Waals surface area contributed by atoms with Crippen LogP contribution < -0.4 is 4.90 Å². The molecule has 2 aliphatic rings. The summed E-state index contributed by atoms with van der Waals surface area (Å²) < 4.78 is 0. The van der Waals surface area contributed by atoms with Crippen molar-refractivity contribution in [3.05, 3.63) is 35.0 Å². The molecule has 3 heterocycles. The summed E-state index contributed by atoms with van der Waals surface area (Å²) in [5.41, 5.74) is 4.95. The van der Waals surface area contributed by atoms with Crippen LogP contribution >= 0.6 is 0 Å². The van der Waals surface area contributed by atoms with Crippen molar-refractivity contribution in [1.29, 1.82) is 5.26 Å². The average molecular weight is 406 g/mol. The summed E-state index contributed by atoms with van der Waals surface area (Å²) in [5, 5.41) is 10.8. The van der Waals surface area contributed by atoms with E-state index in [1.54, 1.807) is 6.20 Å². The predicted octanol–water partition coefficient (Wildman–Crippen LogP) is 3.10. The minimum atomic E-state index is 0.305. The molecule has 4 rings (SSSR count). The first-order valence-corrected chi connectivity index (χ1v) is 11.0. The van der Waals surface area contributed by atoms with E-state index in [1.165, 1.54) is 5.56 Å². The normalized spacial score (nSPS) is 18.6. The fraction of sp³-hybridized carbons (Fsp3) is 0.542. The Bertz CT molecular complexity index is 979. The number of nitriles is 1. The Balaban J connectivity index is 1.47. The fourth-order valence-electron chi connectivity index (χ4n) is 4.86. The molecule has 158 valence electrons. The van der Waals surface area contributed by atoms with E-state index >= 15 is 0 Å². The predicted molar refractivity (Wildman–Crippen MR) is 120 cm³/mol. The van der Waals surface area contributed by atoms with Gasteiger partial charge in [-0.2, -0.15) is 5.26 Å². The van der Waals surface area contributed by atoms with Gasteiger partial charge in [0, 0.05) is 57.3 Å². The molecule has 1 aromatic heterocycles. The van der Waals surface area contributed by atoms with Crippen LogP contribution in [0.5, 0.6) is 0 Å². The highest BCUT2D eigenvalue weighted by Crippen LogP contribution is 2.35. The Morgan fingerprint density at radius 1 is 1.13 bits per heavy atom. The molecule has 0 unspecified atom stereocenters. The van der Waals surface area contributed by atoms with Gasteiger partial charge in [0.25, 0.3) is 0 Å². The maximum Gasteiger partial charge on any atom is 0.222 e. The van der Waals surface area contributed by atoms with E-state index in [9.17, 15) is 10.1 Å². The zero-order chi connectivity index (χ0) is 21.3. The molecule has 0 spiro atoms. The molecule has 6 heteroatoms. The molecule has 0 atom stereocenters. The second kappa shape index (κ2) is 8.61. The van der Waals surface area contributed by atoms with Crippen LogP contribution in [-0.4, -0.2) is 67.0 Å². The van der Waals surface area contributed by atoms with Crippen LogP contribution in [0.15, 0.2) is 18.3 Å². The van der Waals surface area contributed by atoms with Gasteiger partial charge in [-0.25, -0.2) is 0 Å². The van der Waals surface area contributed by atoms with Crippen LogP contribution in [-0.2, 0) is 4.79 Å². The Labute approximate surface area is 179 Å². The number of fused-ring (bicyclic) bond motifs is 1. The molecule has 0 aliphatic carbocycles. The number of benzene rings is 1. The van der Waals surface area contributed by atoms with Gasteiger partial charge in [0.15, 0.2) is 0 Å². The van der Waals surface area contributed by atoms with Crippen molar-refractivity contribution in [2.45, 2.75) is 33.1 Å². The molecule has 1 aromatic carbocycles. The van der Waals surface area contributed by atoms with Gasteiger partial charge in [-0.1, -0.05) is 11.6 Å². The Morgan fingerprint density at radius 2 is 1.83 bits per heavy atom. The van der Waals surface area contributed by atoms with Gasteiger partial charge in [-0.15, -0.1) is 0 Å². The number of hydrogen-bond donors (Lipinski definition) is 0. The van der Waals surface area contributed by atoms with E-state index in [1.807, 2.05) is 4.90 Å². The van der Waals surface area contributed by atoms with Crippen molar-refractivity contribution in [2.24, 2.45) is 5.92 Å². The fourth-order valence-corrected chi connectivity index (χ4v) is 4.86. The molecule has 6 nitrogen and oxygen atoms in total. The van der Waals surface area contributed by atoms with Crippen LogP contribution in [0.1, 0.15) is 36.0 Å². The van der Waals surface area contributed by atoms with Crippen LogP contribution in [0, 0.1) is 31.1 Å². The molecule has 2 fully saturated rings. The minimum Gasteiger partial charge on any atom is -0.370 e. The maximum atomic E-state index is 12.7. The summed E-state index contributed by atoms with van der Waals surface area (Å²) in [4.78, 5) is 23.9. The maximum absolute atomic E-state index is 12.7. The number of piperidine rings is 1. The van der Waals surface area contributed by atoms with E-state index in [-0.39, 0.29) is 0 Å². The van der Waals surface area contributed by atoms with Crippen molar-refractivity contribution in [3.8, 4) is 6.07 Å². The first kappa shape index (κ1) is 20.6. The molecule has 0 radical (unpaired) electrons. The number of carbonyl (C=O) groups excluding carboxylic acids is 1. The van der Waals surface area contributed by atoms with Crippen LogP contribution in [0.3, 0.4) is 0 Å². The molecule has 1 amide bonds. The number of hydrogen-bond acceptors (Lipinski definition) is 5. The van der Waals surface area contributed by atoms with E-state index in [4.69, 9.17) is 0 Å². The molecular weight excluding hydrogens is 374 g/mol. The number of aromatic nitrogens is 1.